The SMILES string of the molecule is CCc1ccc2c(c1)C(O)CCO2. The molecule has 0 fully saturated rings. The molecule has 1 atom stereocenters. The van der Waals surface area contributed by atoms with Crippen molar-refractivity contribution in [1.29, 1.82) is 0 Å². The van der Waals surface area contributed by atoms with Crippen molar-refractivity contribution < 1.29 is 9.84 Å². The minimum atomic E-state index is -0.338. The molecule has 2 rings (SSSR count). The molecule has 0 aliphatic carbocycles. The van der Waals surface area contributed by atoms with Gasteiger partial charge in [-0.05, 0) is 24.1 Å². The predicted molar refractivity (Wildman–Crippen MR) is 50.9 cm³/mol. The highest BCUT2D eigenvalue weighted by Crippen LogP contribution is 2.32. The zero-order valence-electron chi connectivity index (χ0n) is 7.79. The Bertz CT molecular complexity index is 307. The molecular weight excluding hydrogens is 164 g/mol. The van der Waals surface area contributed by atoms with Crippen LogP contribution in [0.2, 0.25) is 0 Å². The van der Waals surface area contributed by atoms with Gasteiger partial charge in [-0.1, -0.05) is 13.0 Å². The first kappa shape index (κ1) is 8.57. The number of rotatable bonds is 1. The lowest BCUT2D eigenvalue weighted by atomic mass is 10.00. The van der Waals surface area contributed by atoms with Gasteiger partial charge in [0, 0.05) is 12.0 Å². The highest BCUT2D eigenvalue weighted by atomic mass is 16.5. The van der Waals surface area contributed by atoms with Crippen LogP contribution in [0.1, 0.15) is 30.6 Å². The van der Waals surface area contributed by atoms with Gasteiger partial charge in [-0.3, -0.25) is 0 Å². The molecule has 0 radical (unpaired) electrons. The third-order valence-corrected chi connectivity index (χ3v) is 2.49. The Kier molecular flexibility index (Phi) is 2.23. The van der Waals surface area contributed by atoms with Crippen molar-refractivity contribution >= 4 is 0 Å². The summed E-state index contributed by atoms with van der Waals surface area (Å²) in [5.41, 5.74) is 2.20. The normalized spacial score (nSPS) is 20.6. The summed E-state index contributed by atoms with van der Waals surface area (Å²) >= 11 is 0. The van der Waals surface area contributed by atoms with Crippen LogP contribution in [0.3, 0.4) is 0 Å². The maximum Gasteiger partial charge on any atom is 0.125 e. The molecule has 1 unspecified atom stereocenters. The molecule has 0 aromatic heterocycles. The van der Waals surface area contributed by atoms with Crippen LogP contribution in [0.4, 0.5) is 0 Å². The number of ether oxygens (including phenoxy) is 1. The quantitative estimate of drug-likeness (QED) is 0.713. The molecule has 1 aromatic rings. The van der Waals surface area contributed by atoms with Crippen LogP contribution >= 0.6 is 0 Å². The van der Waals surface area contributed by atoms with Gasteiger partial charge < -0.3 is 9.84 Å². The summed E-state index contributed by atoms with van der Waals surface area (Å²) in [4.78, 5) is 0. The molecule has 1 N–H and O–H groups in total. The van der Waals surface area contributed by atoms with Crippen molar-refractivity contribution in [3.63, 3.8) is 0 Å². The van der Waals surface area contributed by atoms with Crippen LogP contribution in [-0.4, -0.2) is 11.7 Å². The molecule has 0 saturated heterocycles. The summed E-state index contributed by atoms with van der Waals surface area (Å²) in [7, 11) is 0. The van der Waals surface area contributed by atoms with Crippen molar-refractivity contribution in [3.05, 3.63) is 29.3 Å². The number of hydrogen-bond donors (Lipinski definition) is 1. The van der Waals surface area contributed by atoms with E-state index in [0.717, 1.165) is 17.7 Å². The molecule has 0 saturated carbocycles. The second kappa shape index (κ2) is 3.38. The first-order valence-corrected chi connectivity index (χ1v) is 4.75. The number of benzene rings is 1. The summed E-state index contributed by atoms with van der Waals surface area (Å²) in [6.07, 6.45) is 1.37. The van der Waals surface area contributed by atoms with E-state index in [1.54, 1.807) is 0 Å². The van der Waals surface area contributed by atoms with E-state index in [2.05, 4.69) is 13.0 Å². The van der Waals surface area contributed by atoms with Crippen LogP contribution in [0.15, 0.2) is 18.2 Å². The standard InChI is InChI=1S/C11H14O2/c1-2-8-3-4-11-9(7-8)10(12)5-6-13-11/h3-4,7,10,12H,2,5-6H2,1H3. The number of aliphatic hydroxyl groups is 1. The van der Waals surface area contributed by atoms with E-state index in [0.29, 0.717) is 13.0 Å². The minimum absolute atomic E-state index is 0.338. The fourth-order valence-electron chi connectivity index (χ4n) is 1.65. The Morgan fingerprint density at radius 3 is 3.15 bits per heavy atom. The van der Waals surface area contributed by atoms with Crippen molar-refractivity contribution in [1.82, 2.24) is 0 Å². The van der Waals surface area contributed by atoms with Gasteiger partial charge in [-0.25, -0.2) is 0 Å². The lowest BCUT2D eigenvalue weighted by Crippen LogP contribution is -2.13. The van der Waals surface area contributed by atoms with Gasteiger partial charge in [0.05, 0.1) is 12.7 Å². The Labute approximate surface area is 78.2 Å². The summed E-state index contributed by atoms with van der Waals surface area (Å²) in [5.74, 6) is 0.843. The highest BCUT2D eigenvalue weighted by Gasteiger charge is 2.18. The Hall–Kier alpha value is -1.02. The van der Waals surface area contributed by atoms with E-state index in [1.807, 2.05) is 12.1 Å². The lowest BCUT2D eigenvalue weighted by molar-refractivity contribution is 0.115. The lowest BCUT2D eigenvalue weighted by Gasteiger charge is -2.22. The average molecular weight is 178 g/mol. The summed E-state index contributed by atoms with van der Waals surface area (Å²) < 4.78 is 5.43. The van der Waals surface area contributed by atoms with E-state index in [1.165, 1.54) is 5.56 Å². The van der Waals surface area contributed by atoms with Crippen LogP contribution in [0.5, 0.6) is 5.75 Å². The molecule has 0 amide bonds. The molecule has 0 spiro atoms. The second-order valence-electron chi connectivity index (χ2n) is 3.38. The smallest absolute Gasteiger partial charge is 0.125 e. The van der Waals surface area contributed by atoms with Crippen molar-refractivity contribution in [2.75, 3.05) is 6.61 Å². The molecule has 13 heavy (non-hydrogen) atoms. The van der Waals surface area contributed by atoms with Crippen LogP contribution in [0.25, 0.3) is 0 Å². The molecule has 2 nitrogen and oxygen atoms in total. The molecule has 1 aliphatic rings. The van der Waals surface area contributed by atoms with Crippen LogP contribution in [-0.2, 0) is 6.42 Å². The van der Waals surface area contributed by atoms with Crippen molar-refractivity contribution in [2.24, 2.45) is 0 Å². The van der Waals surface area contributed by atoms with Crippen molar-refractivity contribution in [2.45, 2.75) is 25.9 Å². The second-order valence-corrected chi connectivity index (χ2v) is 3.38. The van der Waals surface area contributed by atoms with Crippen LogP contribution in [0, 0.1) is 0 Å². The number of fused-ring (bicyclic) bond motifs is 1. The first-order chi connectivity index (χ1) is 6.31. The first-order valence-electron chi connectivity index (χ1n) is 4.75. The zero-order valence-corrected chi connectivity index (χ0v) is 7.79. The van der Waals surface area contributed by atoms with E-state index >= 15 is 0 Å². The maximum atomic E-state index is 9.70. The van der Waals surface area contributed by atoms with Gasteiger partial charge in [-0.15, -0.1) is 0 Å². The molecule has 1 heterocycles. The molecule has 2 heteroatoms. The Morgan fingerprint density at radius 2 is 2.38 bits per heavy atom. The third kappa shape index (κ3) is 1.54. The predicted octanol–water partition coefficient (Wildman–Crippen LogP) is 2.06. The fraction of sp³-hybridized carbons (Fsp3) is 0.455. The molecule has 0 bridgehead atoms. The van der Waals surface area contributed by atoms with Crippen LogP contribution < -0.4 is 4.74 Å². The Balaban J connectivity index is 2.41. The van der Waals surface area contributed by atoms with Gasteiger partial charge in [0.2, 0.25) is 0 Å². The van der Waals surface area contributed by atoms with E-state index in [4.69, 9.17) is 4.74 Å². The topological polar surface area (TPSA) is 29.5 Å². The highest BCUT2D eigenvalue weighted by molar-refractivity contribution is 5.39. The fourth-order valence-corrected chi connectivity index (χ4v) is 1.65. The summed E-state index contributed by atoms with van der Waals surface area (Å²) in [6, 6.07) is 6.05. The van der Waals surface area contributed by atoms with Gasteiger partial charge in [0.25, 0.3) is 0 Å². The van der Waals surface area contributed by atoms with Gasteiger partial charge in [0.1, 0.15) is 5.75 Å². The number of aryl methyl sites for hydroxylation is 1. The maximum absolute atomic E-state index is 9.70. The van der Waals surface area contributed by atoms with Gasteiger partial charge in [-0.2, -0.15) is 0 Å². The summed E-state index contributed by atoms with van der Waals surface area (Å²) in [5, 5.41) is 9.70. The number of aliphatic hydroxyl groups excluding tert-OH is 1. The molecule has 1 aromatic carbocycles. The van der Waals surface area contributed by atoms with E-state index in [-0.39, 0.29) is 6.10 Å². The van der Waals surface area contributed by atoms with Gasteiger partial charge >= 0.3 is 0 Å². The summed E-state index contributed by atoms with van der Waals surface area (Å²) in [6.45, 7) is 2.73. The third-order valence-electron chi connectivity index (χ3n) is 2.49. The van der Waals surface area contributed by atoms with E-state index < -0.39 is 0 Å². The monoisotopic (exact) mass is 178 g/mol. The van der Waals surface area contributed by atoms with Gasteiger partial charge in [0.15, 0.2) is 0 Å². The largest absolute Gasteiger partial charge is 0.493 e. The zero-order chi connectivity index (χ0) is 9.26. The van der Waals surface area contributed by atoms with E-state index in [9.17, 15) is 5.11 Å². The van der Waals surface area contributed by atoms with Crippen molar-refractivity contribution in [3.8, 4) is 5.75 Å². The molecule has 1 aliphatic heterocycles. The number of hydrogen-bond acceptors (Lipinski definition) is 2. The molecular formula is C11H14O2. The molecule has 70 valence electrons. The minimum Gasteiger partial charge on any atom is -0.493 e. The Morgan fingerprint density at radius 1 is 1.54 bits per heavy atom. The average Bonchev–Trinajstić information content (AvgIpc) is 2.18.